The van der Waals surface area contributed by atoms with Crippen molar-refractivity contribution in [3.63, 3.8) is 0 Å². The molecule has 4 rings (SSSR count). The molecule has 30 heavy (non-hydrogen) atoms. The summed E-state index contributed by atoms with van der Waals surface area (Å²) in [6, 6.07) is 9.21. The predicted molar refractivity (Wildman–Crippen MR) is 106 cm³/mol. The first-order valence-corrected chi connectivity index (χ1v) is 9.51. The van der Waals surface area contributed by atoms with Crippen LogP contribution in [0.2, 0.25) is 0 Å². The number of fused-ring (bicyclic) bond motifs is 1. The van der Waals surface area contributed by atoms with Crippen LogP contribution in [0.5, 0.6) is 5.75 Å². The molecule has 0 saturated carbocycles. The van der Waals surface area contributed by atoms with E-state index in [-0.39, 0.29) is 5.75 Å². The summed E-state index contributed by atoms with van der Waals surface area (Å²) in [7, 11) is 0. The zero-order valence-electron chi connectivity index (χ0n) is 16.2. The highest BCUT2D eigenvalue weighted by molar-refractivity contribution is 5.87. The molecular formula is C19H20F3N7O. The number of benzene rings is 1. The Bertz CT molecular complexity index is 1020. The van der Waals surface area contributed by atoms with Crippen LogP contribution in [0.3, 0.4) is 0 Å². The van der Waals surface area contributed by atoms with Crippen molar-refractivity contribution < 1.29 is 17.9 Å². The van der Waals surface area contributed by atoms with E-state index in [0.29, 0.717) is 22.5 Å². The number of anilines is 3. The van der Waals surface area contributed by atoms with Gasteiger partial charge in [0.05, 0.1) is 0 Å². The number of nitrogens with zero attached hydrogens (tertiary/aromatic N) is 6. The van der Waals surface area contributed by atoms with Crippen LogP contribution in [0.15, 0.2) is 36.4 Å². The lowest BCUT2D eigenvalue weighted by atomic mass is 10.2. The van der Waals surface area contributed by atoms with E-state index in [9.17, 15) is 13.2 Å². The Labute approximate surface area is 170 Å². The lowest BCUT2D eigenvalue weighted by Gasteiger charge is -2.34. The fourth-order valence-electron chi connectivity index (χ4n) is 3.32. The SMILES string of the molecule is CCN1CCN(c2ccc3nnnc(Nc4cccc(OC(F)(F)F)c4)c3n2)CC1. The van der Waals surface area contributed by atoms with Crippen molar-refractivity contribution in [2.75, 3.05) is 42.9 Å². The molecule has 1 saturated heterocycles. The number of ether oxygens (including phenoxy) is 1. The molecule has 0 aliphatic carbocycles. The molecule has 11 heteroatoms. The Morgan fingerprint density at radius 1 is 1.07 bits per heavy atom. The minimum atomic E-state index is -4.76. The molecule has 0 amide bonds. The van der Waals surface area contributed by atoms with Crippen LogP contribution in [0.4, 0.5) is 30.5 Å². The van der Waals surface area contributed by atoms with Gasteiger partial charge in [0.2, 0.25) is 0 Å². The normalized spacial score (nSPS) is 15.4. The number of halogens is 3. The van der Waals surface area contributed by atoms with Gasteiger partial charge in [0, 0.05) is 37.9 Å². The van der Waals surface area contributed by atoms with Crippen molar-refractivity contribution in [1.29, 1.82) is 0 Å². The lowest BCUT2D eigenvalue weighted by Crippen LogP contribution is -2.46. The zero-order valence-corrected chi connectivity index (χ0v) is 16.2. The average molecular weight is 419 g/mol. The third-order valence-electron chi connectivity index (χ3n) is 4.85. The van der Waals surface area contributed by atoms with E-state index in [1.807, 2.05) is 12.1 Å². The number of piperazine rings is 1. The second kappa shape index (κ2) is 8.27. The molecule has 1 aliphatic heterocycles. The monoisotopic (exact) mass is 419 g/mol. The van der Waals surface area contributed by atoms with Gasteiger partial charge in [-0.15, -0.1) is 23.4 Å². The number of rotatable bonds is 5. The summed E-state index contributed by atoms with van der Waals surface area (Å²) in [6.07, 6.45) is -4.76. The van der Waals surface area contributed by atoms with Crippen molar-refractivity contribution in [1.82, 2.24) is 25.3 Å². The van der Waals surface area contributed by atoms with Crippen LogP contribution in [0, 0.1) is 0 Å². The molecule has 2 aromatic heterocycles. The van der Waals surface area contributed by atoms with E-state index in [0.717, 1.165) is 38.5 Å². The molecule has 0 spiro atoms. The zero-order chi connectivity index (χ0) is 21.1. The molecule has 0 atom stereocenters. The van der Waals surface area contributed by atoms with Crippen LogP contribution in [0.1, 0.15) is 6.92 Å². The largest absolute Gasteiger partial charge is 0.573 e. The van der Waals surface area contributed by atoms with Crippen molar-refractivity contribution in [3.05, 3.63) is 36.4 Å². The van der Waals surface area contributed by atoms with Gasteiger partial charge in [-0.25, -0.2) is 4.98 Å². The fraction of sp³-hybridized carbons (Fsp3) is 0.368. The molecule has 0 unspecified atom stereocenters. The highest BCUT2D eigenvalue weighted by Crippen LogP contribution is 2.28. The molecule has 0 radical (unpaired) electrons. The second-order valence-electron chi connectivity index (χ2n) is 6.80. The Kier molecular flexibility index (Phi) is 5.53. The number of pyridine rings is 1. The molecule has 3 aromatic rings. The smallest absolute Gasteiger partial charge is 0.406 e. The van der Waals surface area contributed by atoms with E-state index in [2.05, 4.69) is 42.2 Å². The van der Waals surface area contributed by atoms with Crippen LogP contribution in [0.25, 0.3) is 11.0 Å². The fourth-order valence-corrected chi connectivity index (χ4v) is 3.32. The van der Waals surface area contributed by atoms with Crippen molar-refractivity contribution in [3.8, 4) is 5.75 Å². The van der Waals surface area contributed by atoms with Crippen molar-refractivity contribution in [2.24, 2.45) is 0 Å². The minimum Gasteiger partial charge on any atom is -0.406 e. The topological polar surface area (TPSA) is 79.3 Å². The maximum Gasteiger partial charge on any atom is 0.573 e. The highest BCUT2D eigenvalue weighted by Gasteiger charge is 2.31. The molecule has 1 aromatic carbocycles. The summed E-state index contributed by atoms with van der Waals surface area (Å²) in [6.45, 7) is 6.79. The molecule has 0 bridgehead atoms. The van der Waals surface area contributed by atoms with Crippen LogP contribution in [-0.2, 0) is 0 Å². The molecule has 158 valence electrons. The maximum atomic E-state index is 12.5. The number of alkyl halides is 3. The van der Waals surface area contributed by atoms with Crippen LogP contribution < -0.4 is 15.0 Å². The first-order chi connectivity index (χ1) is 14.4. The van der Waals surface area contributed by atoms with Crippen LogP contribution >= 0.6 is 0 Å². The number of hydrogen-bond donors (Lipinski definition) is 1. The molecular weight excluding hydrogens is 399 g/mol. The standard InChI is InChI=1S/C19H20F3N7O/c1-2-28-8-10-29(11-9-28)16-7-6-15-17(24-16)18(26-27-25-15)23-13-4-3-5-14(12-13)30-19(20,21)22/h3-7,12H,2,8-11H2,1H3,(H,23,25,26). The van der Waals surface area contributed by atoms with Gasteiger partial charge in [0.25, 0.3) is 0 Å². The predicted octanol–water partition coefficient (Wildman–Crippen LogP) is 3.20. The number of likely N-dealkylation sites (N-methyl/N-ethyl adjacent to an activating group) is 1. The van der Waals surface area contributed by atoms with Crippen molar-refractivity contribution in [2.45, 2.75) is 13.3 Å². The van der Waals surface area contributed by atoms with Gasteiger partial charge in [-0.3, -0.25) is 0 Å². The summed E-state index contributed by atoms with van der Waals surface area (Å²) >= 11 is 0. The Morgan fingerprint density at radius 3 is 2.60 bits per heavy atom. The Hall–Kier alpha value is -3.21. The first-order valence-electron chi connectivity index (χ1n) is 9.51. The second-order valence-corrected chi connectivity index (χ2v) is 6.80. The summed E-state index contributed by atoms with van der Waals surface area (Å²) in [5.41, 5.74) is 1.39. The molecule has 3 heterocycles. The third-order valence-corrected chi connectivity index (χ3v) is 4.85. The minimum absolute atomic E-state index is 0.304. The maximum absolute atomic E-state index is 12.5. The summed E-state index contributed by atoms with van der Waals surface area (Å²) in [5.74, 6) is 0.768. The van der Waals surface area contributed by atoms with Gasteiger partial charge < -0.3 is 19.9 Å². The van der Waals surface area contributed by atoms with Gasteiger partial charge in [-0.05, 0) is 36.0 Å². The first kappa shape index (κ1) is 20.1. The van der Waals surface area contributed by atoms with E-state index < -0.39 is 6.36 Å². The third kappa shape index (κ3) is 4.67. The summed E-state index contributed by atoms with van der Waals surface area (Å²) in [4.78, 5) is 9.25. The number of nitrogens with one attached hydrogen (secondary N) is 1. The average Bonchev–Trinajstić information content (AvgIpc) is 2.73. The molecule has 8 nitrogen and oxygen atoms in total. The van der Waals surface area contributed by atoms with E-state index in [4.69, 9.17) is 4.98 Å². The van der Waals surface area contributed by atoms with Gasteiger partial charge in [0.1, 0.15) is 22.6 Å². The van der Waals surface area contributed by atoms with E-state index in [1.165, 1.54) is 18.2 Å². The van der Waals surface area contributed by atoms with E-state index >= 15 is 0 Å². The molecule has 1 fully saturated rings. The highest BCUT2D eigenvalue weighted by atomic mass is 19.4. The van der Waals surface area contributed by atoms with Gasteiger partial charge in [0.15, 0.2) is 5.82 Å². The quantitative estimate of drug-likeness (QED) is 0.676. The van der Waals surface area contributed by atoms with Gasteiger partial charge in [-0.1, -0.05) is 13.0 Å². The Morgan fingerprint density at radius 2 is 1.87 bits per heavy atom. The van der Waals surface area contributed by atoms with Crippen LogP contribution in [-0.4, -0.2) is 64.4 Å². The van der Waals surface area contributed by atoms with E-state index in [1.54, 1.807) is 6.07 Å². The summed E-state index contributed by atoms with van der Waals surface area (Å²) < 4.78 is 41.4. The number of aromatic nitrogens is 4. The molecule has 1 N–H and O–H groups in total. The van der Waals surface area contributed by atoms with Crippen molar-refractivity contribution >= 4 is 28.4 Å². The summed E-state index contributed by atoms with van der Waals surface area (Å²) in [5, 5.41) is 14.7. The molecule has 1 aliphatic rings. The van der Waals surface area contributed by atoms with Gasteiger partial charge >= 0.3 is 6.36 Å². The number of hydrogen-bond acceptors (Lipinski definition) is 8. The van der Waals surface area contributed by atoms with Gasteiger partial charge in [-0.2, -0.15) is 0 Å². The lowest BCUT2D eigenvalue weighted by molar-refractivity contribution is -0.274. The Balaban J connectivity index is 1.59.